The quantitative estimate of drug-likeness (QED) is 0.897. The zero-order chi connectivity index (χ0) is 19.0. The molecular weight excluding hydrogens is 346 g/mol. The van der Waals surface area contributed by atoms with Crippen molar-refractivity contribution in [3.63, 3.8) is 0 Å². The Kier molecular flexibility index (Phi) is 4.78. The van der Waals surface area contributed by atoms with Gasteiger partial charge in [0.25, 0.3) is 5.91 Å². The number of nitrogens with zero attached hydrogens (tertiary/aromatic N) is 2. The van der Waals surface area contributed by atoms with Gasteiger partial charge in [-0.2, -0.15) is 5.10 Å². The van der Waals surface area contributed by atoms with Crippen molar-refractivity contribution in [3.8, 4) is 11.5 Å². The average Bonchev–Trinajstić information content (AvgIpc) is 2.81. The Balaban J connectivity index is 1.54. The summed E-state index contributed by atoms with van der Waals surface area (Å²) in [6.45, 7) is 5.63. The Bertz CT molecular complexity index is 861. The maximum absolute atomic E-state index is 12.9. The molecule has 3 heterocycles. The van der Waals surface area contributed by atoms with Crippen LogP contribution in [0.2, 0.25) is 0 Å². The Morgan fingerprint density at radius 2 is 2.11 bits per heavy atom. The number of amides is 1. The first-order valence-corrected chi connectivity index (χ1v) is 9.41. The SMILES string of the molecule is C[C@@H]1Cc2c(C(=O)NCc3cccc4c3OCCCO4)nn(C)c2[C@H](C)O1. The second-order valence-electron chi connectivity index (χ2n) is 7.11. The summed E-state index contributed by atoms with van der Waals surface area (Å²) in [5.41, 5.74) is 3.34. The lowest BCUT2D eigenvalue weighted by Gasteiger charge is -2.26. The molecule has 2 aliphatic heterocycles. The maximum Gasteiger partial charge on any atom is 0.272 e. The van der Waals surface area contributed by atoms with Crippen molar-refractivity contribution in [2.75, 3.05) is 13.2 Å². The standard InChI is InChI=1S/C20H25N3O4/c1-12-10-15-17(22-23(3)18(15)13(2)27-12)20(24)21-11-14-6-4-7-16-19(14)26-9-5-8-25-16/h4,6-7,12-13H,5,8-11H2,1-3H3,(H,21,24)/t12-,13+/m1/s1. The fraction of sp³-hybridized carbons (Fsp3) is 0.500. The van der Waals surface area contributed by atoms with Crippen LogP contribution in [0.15, 0.2) is 18.2 Å². The van der Waals surface area contributed by atoms with Gasteiger partial charge >= 0.3 is 0 Å². The molecule has 0 aliphatic carbocycles. The monoisotopic (exact) mass is 371 g/mol. The normalized spacial score (nSPS) is 21.3. The van der Waals surface area contributed by atoms with Gasteiger partial charge in [-0.1, -0.05) is 12.1 Å². The van der Waals surface area contributed by atoms with Gasteiger partial charge in [-0.3, -0.25) is 9.48 Å². The summed E-state index contributed by atoms with van der Waals surface area (Å²) >= 11 is 0. The van der Waals surface area contributed by atoms with E-state index < -0.39 is 0 Å². The molecule has 2 aliphatic rings. The van der Waals surface area contributed by atoms with Crippen molar-refractivity contribution >= 4 is 5.91 Å². The average molecular weight is 371 g/mol. The van der Waals surface area contributed by atoms with Crippen LogP contribution in [0.5, 0.6) is 11.5 Å². The highest BCUT2D eigenvalue weighted by molar-refractivity contribution is 5.94. The van der Waals surface area contributed by atoms with E-state index >= 15 is 0 Å². The molecule has 27 heavy (non-hydrogen) atoms. The molecule has 1 aromatic heterocycles. The number of carbonyl (C=O) groups is 1. The molecule has 2 atom stereocenters. The van der Waals surface area contributed by atoms with Crippen LogP contribution in [0.1, 0.15) is 53.7 Å². The number of hydrogen-bond acceptors (Lipinski definition) is 5. The van der Waals surface area contributed by atoms with Gasteiger partial charge in [-0.15, -0.1) is 0 Å². The Morgan fingerprint density at radius 3 is 2.96 bits per heavy atom. The number of nitrogens with one attached hydrogen (secondary N) is 1. The van der Waals surface area contributed by atoms with Crippen molar-refractivity contribution in [3.05, 3.63) is 40.7 Å². The highest BCUT2D eigenvalue weighted by Crippen LogP contribution is 2.34. The Hall–Kier alpha value is -2.54. The number of carbonyl (C=O) groups excluding carboxylic acids is 1. The molecule has 0 fully saturated rings. The van der Waals surface area contributed by atoms with Gasteiger partial charge in [0.05, 0.1) is 31.1 Å². The molecule has 7 nitrogen and oxygen atoms in total. The third-order valence-corrected chi connectivity index (χ3v) is 5.01. The predicted octanol–water partition coefficient (Wildman–Crippen LogP) is 2.53. The van der Waals surface area contributed by atoms with Crippen molar-refractivity contribution in [1.29, 1.82) is 0 Å². The van der Waals surface area contributed by atoms with Gasteiger partial charge in [-0.05, 0) is 19.9 Å². The van der Waals surface area contributed by atoms with E-state index in [1.165, 1.54) is 0 Å². The van der Waals surface area contributed by atoms with Gasteiger partial charge < -0.3 is 19.5 Å². The first kappa shape index (κ1) is 17.9. The molecule has 0 saturated carbocycles. The van der Waals surface area contributed by atoms with Gasteiger partial charge in [-0.25, -0.2) is 0 Å². The number of rotatable bonds is 3. The number of aromatic nitrogens is 2. The fourth-order valence-corrected chi connectivity index (χ4v) is 3.87. The molecule has 0 unspecified atom stereocenters. The highest BCUT2D eigenvalue weighted by Gasteiger charge is 2.31. The second-order valence-corrected chi connectivity index (χ2v) is 7.11. The first-order valence-electron chi connectivity index (χ1n) is 9.41. The van der Waals surface area contributed by atoms with Crippen LogP contribution in [0, 0.1) is 0 Å². The van der Waals surface area contributed by atoms with Crippen molar-refractivity contribution in [1.82, 2.24) is 15.1 Å². The number of hydrogen-bond donors (Lipinski definition) is 1. The molecule has 0 spiro atoms. The summed E-state index contributed by atoms with van der Waals surface area (Å²) in [5.74, 6) is 1.27. The molecule has 7 heteroatoms. The third kappa shape index (κ3) is 3.39. The van der Waals surface area contributed by atoms with Crippen LogP contribution in [0.25, 0.3) is 0 Å². The summed E-state index contributed by atoms with van der Waals surface area (Å²) in [7, 11) is 1.85. The summed E-state index contributed by atoms with van der Waals surface area (Å²) in [6, 6.07) is 5.75. The number of aryl methyl sites for hydroxylation is 1. The minimum absolute atomic E-state index is 0.0682. The van der Waals surface area contributed by atoms with Gasteiger partial charge in [0.2, 0.25) is 0 Å². The topological polar surface area (TPSA) is 74.6 Å². The van der Waals surface area contributed by atoms with Crippen LogP contribution in [0.3, 0.4) is 0 Å². The van der Waals surface area contributed by atoms with E-state index in [0.717, 1.165) is 29.0 Å². The lowest BCUT2D eigenvalue weighted by Crippen LogP contribution is -2.27. The zero-order valence-corrected chi connectivity index (χ0v) is 15.9. The van der Waals surface area contributed by atoms with E-state index in [1.54, 1.807) is 4.68 Å². The van der Waals surface area contributed by atoms with E-state index in [2.05, 4.69) is 10.4 Å². The molecule has 0 bridgehead atoms. The van der Waals surface area contributed by atoms with Crippen LogP contribution >= 0.6 is 0 Å². The zero-order valence-electron chi connectivity index (χ0n) is 15.9. The summed E-state index contributed by atoms with van der Waals surface area (Å²) in [4.78, 5) is 12.9. The van der Waals surface area contributed by atoms with E-state index in [1.807, 2.05) is 39.1 Å². The van der Waals surface area contributed by atoms with Crippen molar-refractivity contribution in [2.24, 2.45) is 7.05 Å². The summed E-state index contributed by atoms with van der Waals surface area (Å²) in [5, 5.41) is 7.45. The van der Waals surface area contributed by atoms with Crippen molar-refractivity contribution < 1.29 is 19.0 Å². The maximum atomic E-state index is 12.9. The van der Waals surface area contributed by atoms with Gasteiger partial charge in [0, 0.05) is 37.6 Å². The summed E-state index contributed by atoms with van der Waals surface area (Å²) in [6.07, 6.45) is 1.53. The molecule has 1 aromatic carbocycles. The van der Waals surface area contributed by atoms with E-state index in [-0.39, 0.29) is 18.1 Å². The predicted molar refractivity (Wildman–Crippen MR) is 99.1 cm³/mol. The third-order valence-electron chi connectivity index (χ3n) is 5.01. The fourth-order valence-electron chi connectivity index (χ4n) is 3.87. The largest absolute Gasteiger partial charge is 0.490 e. The van der Waals surface area contributed by atoms with Crippen LogP contribution in [-0.4, -0.2) is 35.0 Å². The number of fused-ring (bicyclic) bond motifs is 2. The Morgan fingerprint density at radius 1 is 1.30 bits per heavy atom. The van der Waals surface area contributed by atoms with E-state index in [9.17, 15) is 4.79 Å². The molecule has 0 saturated heterocycles. The molecule has 1 N–H and O–H groups in total. The van der Waals surface area contributed by atoms with Crippen LogP contribution in [0.4, 0.5) is 0 Å². The van der Waals surface area contributed by atoms with Crippen LogP contribution in [-0.2, 0) is 24.8 Å². The van der Waals surface area contributed by atoms with Crippen LogP contribution < -0.4 is 14.8 Å². The number of ether oxygens (including phenoxy) is 3. The Labute approximate surface area is 158 Å². The highest BCUT2D eigenvalue weighted by atomic mass is 16.5. The van der Waals surface area contributed by atoms with E-state index in [4.69, 9.17) is 14.2 Å². The van der Waals surface area contributed by atoms with Gasteiger partial charge in [0.15, 0.2) is 17.2 Å². The minimum atomic E-state index is -0.180. The van der Waals surface area contributed by atoms with E-state index in [0.29, 0.717) is 37.6 Å². The molecule has 4 rings (SSSR count). The minimum Gasteiger partial charge on any atom is -0.490 e. The lowest BCUT2D eigenvalue weighted by atomic mass is 9.99. The smallest absolute Gasteiger partial charge is 0.272 e. The number of benzene rings is 1. The lowest BCUT2D eigenvalue weighted by molar-refractivity contribution is -0.00903. The van der Waals surface area contributed by atoms with Crippen molar-refractivity contribution in [2.45, 2.75) is 45.4 Å². The molecule has 2 aromatic rings. The number of para-hydroxylation sites is 1. The molecule has 1 amide bonds. The first-order chi connectivity index (χ1) is 13.0. The second kappa shape index (κ2) is 7.23. The van der Waals surface area contributed by atoms with Gasteiger partial charge in [0.1, 0.15) is 0 Å². The molecular formula is C20H25N3O4. The molecule has 0 radical (unpaired) electrons. The molecule has 144 valence electrons. The summed E-state index contributed by atoms with van der Waals surface area (Å²) < 4.78 is 19.2.